The van der Waals surface area contributed by atoms with E-state index in [1.54, 1.807) is 0 Å². The topological polar surface area (TPSA) is 78.9 Å². The summed E-state index contributed by atoms with van der Waals surface area (Å²) in [7, 11) is 0. The first-order valence-electron chi connectivity index (χ1n) is 29.3. The van der Waals surface area contributed by atoms with Crippen LogP contribution < -0.4 is 0 Å². The molecule has 0 aliphatic rings. The van der Waals surface area contributed by atoms with Crippen LogP contribution in [0.1, 0.15) is 297 Å². The zero-order chi connectivity index (χ0) is 49.3. The first kappa shape index (κ1) is 65.1. The molecule has 0 amide bonds. The molecule has 0 fully saturated rings. The second kappa shape index (κ2) is 56.7. The van der Waals surface area contributed by atoms with Gasteiger partial charge in [-0.2, -0.15) is 0 Å². The SMILES string of the molecule is CCCC/C=C\C/C=C\CCCCCCCC(=O)OCC(COC(=O)CCCCCCCCCCC/C=C\C/C=C\CCCCCCC)OC(=O)CCCCCCC/C=C\CCCCCCCC. The molecule has 394 valence electrons. The molecule has 1 atom stereocenters. The summed E-state index contributed by atoms with van der Waals surface area (Å²) in [6.07, 6.45) is 70.6. The summed E-state index contributed by atoms with van der Waals surface area (Å²) in [4.78, 5) is 38.2. The number of allylic oxidation sites excluding steroid dienone is 10. The number of hydrogen-bond acceptors (Lipinski definition) is 6. The second-order valence-electron chi connectivity index (χ2n) is 19.5. The van der Waals surface area contributed by atoms with Gasteiger partial charge in [0.2, 0.25) is 0 Å². The van der Waals surface area contributed by atoms with Crippen molar-refractivity contribution in [3.8, 4) is 0 Å². The average Bonchev–Trinajstić information content (AvgIpc) is 3.34. The largest absolute Gasteiger partial charge is 0.462 e. The lowest BCUT2D eigenvalue weighted by Gasteiger charge is -2.18. The van der Waals surface area contributed by atoms with Crippen LogP contribution in [0.15, 0.2) is 60.8 Å². The fraction of sp³-hybridized carbons (Fsp3) is 0.790. The van der Waals surface area contributed by atoms with E-state index in [9.17, 15) is 14.4 Å². The van der Waals surface area contributed by atoms with Gasteiger partial charge < -0.3 is 14.2 Å². The predicted octanol–water partition coefficient (Wildman–Crippen LogP) is 19.6. The molecule has 1 unspecified atom stereocenters. The fourth-order valence-electron chi connectivity index (χ4n) is 8.25. The zero-order valence-corrected chi connectivity index (χ0v) is 45.1. The number of unbranched alkanes of at least 4 members (excludes halogenated alkanes) is 32. The standard InChI is InChI=1S/C62H110O6/c1-4-7-10-13-16-19-22-25-28-29-30-31-32-33-35-37-40-43-46-49-52-55-61(64)67-58-59(57-66-60(63)54-51-48-45-42-39-36-27-24-21-18-15-12-9-6-3)68-62(65)56-53-50-47-44-41-38-34-26-23-20-17-14-11-8-5-2/h15,18,22,24-27,29-30,34,59H,4-14,16-17,19-21,23,28,31-33,35-58H2,1-3H3/b18-15-,25-22-,27-24-,30-29-,34-26-. The Morgan fingerprint density at radius 2 is 0.544 bits per heavy atom. The van der Waals surface area contributed by atoms with Gasteiger partial charge in [-0.15, -0.1) is 0 Å². The monoisotopic (exact) mass is 951 g/mol. The van der Waals surface area contributed by atoms with Crippen molar-refractivity contribution in [1.82, 2.24) is 0 Å². The van der Waals surface area contributed by atoms with E-state index in [4.69, 9.17) is 14.2 Å². The minimum Gasteiger partial charge on any atom is -0.462 e. The summed E-state index contributed by atoms with van der Waals surface area (Å²) < 4.78 is 16.9. The lowest BCUT2D eigenvalue weighted by atomic mass is 10.1. The fourth-order valence-corrected chi connectivity index (χ4v) is 8.25. The predicted molar refractivity (Wildman–Crippen MR) is 293 cm³/mol. The van der Waals surface area contributed by atoms with Crippen molar-refractivity contribution in [1.29, 1.82) is 0 Å². The van der Waals surface area contributed by atoms with Gasteiger partial charge in [0.15, 0.2) is 6.10 Å². The Bertz CT molecular complexity index is 1230. The molecule has 68 heavy (non-hydrogen) atoms. The first-order chi connectivity index (χ1) is 33.5. The molecule has 0 radical (unpaired) electrons. The molecule has 0 aromatic carbocycles. The molecule has 0 bridgehead atoms. The van der Waals surface area contributed by atoms with E-state index in [-0.39, 0.29) is 31.1 Å². The number of esters is 3. The van der Waals surface area contributed by atoms with Gasteiger partial charge in [0, 0.05) is 19.3 Å². The molecule has 0 N–H and O–H groups in total. The molecule has 6 nitrogen and oxygen atoms in total. The Labute approximate surface area is 421 Å². The van der Waals surface area contributed by atoms with E-state index < -0.39 is 6.10 Å². The van der Waals surface area contributed by atoms with Crippen LogP contribution in [0.25, 0.3) is 0 Å². The highest BCUT2D eigenvalue weighted by atomic mass is 16.6. The van der Waals surface area contributed by atoms with E-state index in [1.165, 1.54) is 161 Å². The molecule has 0 aromatic rings. The molecule has 0 aliphatic carbocycles. The van der Waals surface area contributed by atoms with Gasteiger partial charge >= 0.3 is 17.9 Å². The number of ether oxygens (including phenoxy) is 3. The van der Waals surface area contributed by atoms with E-state index in [2.05, 4.69) is 81.5 Å². The highest BCUT2D eigenvalue weighted by Gasteiger charge is 2.19. The maximum absolute atomic E-state index is 12.8. The number of hydrogen-bond donors (Lipinski definition) is 0. The Morgan fingerprint density at radius 3 is 0.868 bits per heavy atom. The van der Waals surface area contributed by atoms with Crippen LogP contribution in [0.3, 0.4) is 0 Å². The number of rotatable bonds is 53. The van der Waals surface area contributed by atoms with E-state index >= 15 is 0 Å². The van der Waals surface area contributed by atoms with Crippen LogP contribution in [-0.2, 0) is 28.6 Å². The maximum atomic E-state index is 12.8. The third-order valence-corrected chi connectivity index (χ3v) is 12.7. The van der Waals surface area contributed by atoms with Crippen molar-refractivity contribution in [3.63, 3.8) is 0 Å². The van der Waals surface area contributed by atoms with Crippen LogP contribution >= 0.6 is 0 Å². The molecule has 0 spiro atoms. The minimum absolute atomic E-state index is 0.0834. The summed E-state index contributed by atoms with van der Waals surface area (Å²) in [5.41, 5.74) is 0. The molecule has 0 aliphatic heterocycles. The molecule has 0 saturated carbocycles. The average molecular weight is 952 g/mol. The van der Waals surface area contributed by atoms with Gasteiger partial charge in [-0.3, -0.25) is 14.4 Å². The maximum Gasteiger partial charge on any atom is 0.306 e. The van der Waals surface area contributed by atoms with Crippen molar-refractivity contribution >= 4 is 17.9 Å². The molecule has 0 saturated heterocycles. The van der Waals surface area contributed by atoms with Crippen molar-refractivity contribution in [2.24, 2.45) is 0 Å². The van der Waals surface area contributed by atoms with Crippen molar-refractivity contribution in [2.45, 2.75) is 303 Å². The minimum atomic E-state index is -0.786. The Kier molecular flexibility index (Phi) is 54.3. The van der Waals surface area contributed by atoms with Gasteiger partial charge in [0.25, 0.3) is 0 Å². The summed E-state index contributed by atoms with van der Waals surface area (Å²) in [6.45, 7) is 6.58. The van der Waals surface area contributed by atoms with Crippen LogP contribution in [0.5, 0.6) is 0 Å². The van der Waals surface area contributed by atoms with Crippen molar-refractivity contribution < 1.29 is 28.6 Å². The molecule has 0 heterocycles. The number of carbonyl (C=O) groups excluding carboxylic acids is 3. The highest BCUT2D eigenvalue weighted by molar-refractivity contribution is 5.71. The van der Waals surface area contributed by atoms with Gasteiger partial charge in [-0.1, -0.05) is 236 Å². The molecule has 6 heteroatoms. The van der Waals surface area contributed by atoms with E-state index in [0.29, 0.717) is 19.3 Å². The zero-order valence-electron chi connectivity index (χ0n) is 45.1. The van der Waals surface area contributed by atoms with E-state index in [0.717, 1.165) is 96.3 Å². The third kappa shape index (κ3) is 54.1. The molecule has 0 rings (SSSR count). The van der Waals surface area contributed by atoms with Crippen LogP contribution in [-0.4, -0.2) is 37.2 Å². The molecular formula is C62H110O6. The quantitative estimate of drug-likeness (QED) is 0.0262. The molecular weight excluding hydrogens is 841 g/mol. The van der Waals surface area contributed by atoms with Crippen molar-refractivity contribution in [2.75, 3.05) is 13.2 Å². The second-order valence-corrected chi connectivity index (χ2v) is 19.5. The summed E-state index contributed by atoms with van der Waals surface area (Å²) in [6, 6.07) is 0. The lowest BCUT2D eigenvalue weighted by Crippen LogP contribution is -2.30. The summed E-state index contributed by atoms with van der Waals surface area (Å²) in [5, 5.41) is 0. The van der Waals surface area contributed by atoms with Crippen molar-refractivity contribution in [3.05, 3.63) is 60.8 Å². The summed E-state index contributed by atoms with van der Waals surface area (Å²) >= 11 is 0. The Morgan fingerprint density at radius 1 is 0.294 bits per heavy atom. The normalized spacial score (nSPS) is 12.5. The van der Waals surface area contributed by atoms with E-state index in [1.807, 2.05) is 0 Å². The van der Waals surface area contributed by atoms with Crippen LogP contribution in [0.4, 0.5) is 0 Å². The highest BCUT2D eigenvalue weighted by Crippen LogP contribution is 2.15. The van der Waals surface area contributed by atoms with Gasteiger partial charge in [-0.05, 0) is 103 Å². The first-order valence-corrected chi connectivity index (χ1v) is 29.3. The summed E-state index contributed by atoms with van der Waals surface area (Å²) in [5.74, 6) is -0.900. The third-order valence-electron chi connectivity index (χ3n) is 12.7. The van der Waals surface area contributed by atoms with Gasteiger partial charge in [0.05, 0.1) is 0 Å². The van der Waals surface area contributed by atoms with Crippen LogP contribution in [0.2, 0.25) is 0 Å². The Hall–Kier alpha value is -2.89. The van der Waals surface area contributed by atoms with Gasteiger partial charge in [0.1, 0.15) is 13.2 Å². The van der Waals surface area contributed by atoms with Crippen LogP contribution in [0, 0.1) is 0 Å². The molecule has 0 aromatic heterocycles. The lowest BCUT2D eigenvalue weighted by molar-refractivity contribution is -0.167. The van der Waals surface area contributed by atoms with Gasteiger partial charge in [-0.25, -0.2) is 0 Å². The number of carbonyl (C=O) groups is 3. The smallest absolute Gasteiger partial charge is 0.306 e. The Balaban J connectivity index is 4.36.